The van der Waals surface area contributed by atoms with Gasteiger partial charge in [0.25, 0.3) is 5.91 Å². The van der Waals surface area contributed by atoms with Gasteiger partial charge in [-0.3, -0.25) is 4.79 Å². The predicted molar refractivity (Wildman–Crippen MR) is 73.3 cm³/mol. The molecule has 1 saturated carbocycles. The Balaban J connectivity index is 2.13. The fourth-order valence-corrected chi connectivity index (χ4v) is 3.29. The van der Waals surface area contributed by atoms with E-state index in [0.29, 0.717) is 23.3 Å². The minimum Gasteiger partial charge on any atom is -0.334 e. The van der Waals surface area contributed by atoms with E-state index in [1.807, 2.05) is 11.8 Å². The molecular formula is C12H18ClN3OS. The quantitative estimate of drug-likeness (QED) is 0.800. The lowest BCUT2D eigenvalue weighted by molar-refractivity contribution is 0.0654. The molecular weight excluding hydrogens is 270 g/mol. The SMILES string of the molecule is Cc1nnsc1C(=O)N(CCCl)C1CCCCC1. The molecule has 0 bridgehead atoms. The molecule has 0 atom stereocenters. The van der Waals surface area contributed by atoms with Crippen molar-refractivity contribution >= 4 is 29.0 Å². The van der Waals surface area contributed by atoms with E-state index in [4.69, 9.17) is 11.6 Å². The fourth-order valence-electron chi connectivity index (χ4n) is 2.49. The van der Waals surface area contributed by atoms with Gasteiger partial charge < -0.3 is 4.90 Å². The van der Waals surface area contributed by atoms with Crippen LogP contribution in [0, 0.1) is 6.92 Å². The normalized spacial score (nSPS) is 16.8. The molecule has 0 spiro atoms. The van der Waals surface area contributed by atoms with Crippen LogP contribution in [-0.4, -0.2) is 38.9 Å². The van der Waals surface area contributed by atoms with E-state index in [2.05, 4.69) is 9.59 Å². The molecule has 1 amide bonds. The van der Waals surface area contributed by atoms with Crippen LogP contribution in [0.25, 0.3) is 0 Å². The number of carbonyl (C=O) groups is 1. The highest BCUT2D eigenvalue weighted by Crippen LogP contribution is 2.25. The molecule has 1 aliphatic rings. The third-order valence-corrected chi connectivity index (χ3v) is 4.43. The Morgan fingerprint density at radius 3 is 2.72 bits per heavy atom. The summed E-state index contributed by atoms with van der Waals surface area (Å²) in [7, 11) is 0. The highest BCUT2D eigenvalue weighted by Gasteiger charge is 2.28. The molecule has 0 saturated heterocycles. The number of aryl methyl sites for hydroxylation is 1. The molecule has 1 fully saturated rings. The van der Waals surface area contributed by atoms with E-state index in [1.165, 1.54) is 30.8 Å². The summed E-state index contributed by atoms with van der Waals surface area (Å²) in [4.78, 5) is 15.1. The van der Waals surface area contributed by atoms with Gasteiger partial charge in [0.15, 0.2) is 0 Å². The first-order valence-corrected chi connectivity index (χ1v) is 7.70. The van der Waals surface area contributed by atoms with Crippen LogP contribution >= 0.6 is 23.1 Å². The summed E-state index contributed by atoms with van der Waals surface area (Å²) in [6, 6.07) is 0.339. The first-order chi connectivity index (χ1) is 8.74. The molecule has 1 aromatic rings. The molecule has 0 unspecified atom stereocenters. The van der Waals surface area contributed by atoms with Gasteiger partial charge in [0.1, 0.15) is 4.88 Å². The van der Waals surface area contributed by atoms with Crippen LogP contribution < -0.4 is 0 Å². The summed E-state index contributed by atoms with van der Waals surface area (Å²) in [5.41, 5.74) is 0.723. The number of alkyl halides is 1. The molecule has 100 valence electrons. The van der Waals surface area contributed by atoms with Gasteiger partial charge in [-0.25, -0.2) is 0 Å². The third kappa shape index (κ3) is 3.01. The van der Waals surface area contributed by atoms with E-state index >= 15 is 0 Å². The van der Waals surface area contributed by atoms with Crippen molar-refractivity contribution in [2.24, 2.45) is 0 Å². The Morgan fingerprint density at radius 1 is 1.44 bits per heavy atom. The second kappa shape index (κ2) is 6.48. The lowest BCUT2D eigenvalue weighted by Crippen LogP contribution is -2.42. The maximum Gasteiger partial charge on any atom is 0.267 e. The van der Waals surface area contributed by atoms with E-state index in [9.17, 15) is 4.79 Å². The van der Waals surface area contributed by atoms with Gasteiger partial charge >= 0.3 is 0 Å². The number of aromatic nitrogens is 2. The summed E-state index contributed by atoms with van der Waals surface area (Å²) >= 11 is 7.02. The van der Waals surface area contributed by atoms with E-state index in [1.54, 1.807) is 0 Å². The summed E-state index contributed by atoms with van der Waals surface area (Å²) < 4.78 is 3.84. The Labute approximate surface area is 116 Å². The van der Waals surface area contributed by atoms with Crippen molar-refractivity contribution in [1.29, 1.82) is 0 Å². The van der Waals surface area contributed by atoms with Gasteiger partial charge in [0.05, 0.1) is 5.69 Å². The maximum atomic E-state index is 12.5. The van der Waals surface area contributed by atoms with Gasteiger partial charge in [-0.15, -0.1) is 16.7 Å². The van der Waals surface area contributed by atoms with Crippen molar-refractivity contribution in [3.8, 4) is 0 Å². The van der Waals surface area contributed by atoms with Crippen molar-refractivity contribution in [2.45, 2.75) is 45.1 Å². The number of halogens is 1. The van der Waals surface area contributed by atoms with Crippen LogP contribution in [-0.2, 0) is 0 Å². The molecule has 1 aromatic heterocycles. The molecule has 1 heterocycles. The minimum absolute atomic E-state index is 0.0510. The van der Waals surface area contributed by atoms with Crippen molar-refractivity contribution in [3.63, 3.8) is 0 Å². The van der Waals surface area contributed by atoms with Crippen LogP contribution in [0.4, 0.5) is 0 Å². The van der Waals surface area contributed by atoms with Gasteiger partial charge in [-0.05, 0) is 31.3 Å². The topological polar surface area (TPSA) is 46.1 Å². The van der Waals surface area contributed by atoms with Crippen LogP contribution in [0.1, 0.15) is 47.5 Å². The smallest absolute Gasteiger partial charge is 0.267 e. The average molecular weight is 288 g/mol. The second-order valence-corrected chi connectivity index (χ2v) is 5.80. The van der Waals surface area contributed by atoms with Crippen LogP contribution in [0.3, 0.4) is 0 Å². The lowest BCUT2D eigenvalue weighted by Gasteiger charge is -2.33. The Hall–Kier alpha value is -0.680. The fraction of sp³-hybridized carbons (Fsp3) is 0.750. The third-order valence-electron chi connectivity index (χ3n) is 3.45. The standard InChI is InChI=1S/C12H18ClN3OS/c1-9-11(18-15-14-9)12(17)16(8-7-13)10-5-3-2-4-6-10/h10H,2-8H2,1H3. The molecule has 4 nitrogen and oxygen atoms in total. The first-order valence-electron chi connectivity index (χ1n) is 6.40. The molecule has 0 aromatic carbocycles. The summed E-state index contributed by atoms with van der Waals surface area (Å²) in [5, 5.41) is 3.91. The van der Waals surface area contributed by atoms with Crippen LogP contribution in [0.2, 0.25) is 0 Å². The number of carbonyl (C=O) groups excluding carboxylic acids is 1. The number of hydrogen-bond acceptors (Lipinski definition) is 4. The monoisotopic (exact) mass is 287 g/mol. The molecule has 0 aliphatic heterocycles. The van der Waals surface area contributed by atoms with E-state index < -0.39 is 0 Å². The highest BCUT2D eigenvalue weighted by molar-refractivity contribution is 7.07. The van der Waals surface area contributed by atoms with Crippen LogP contribution in [0.15, 0.2) is 0 Å². The average Bonchev–Trinajstić information content (AvgIpc) is 2.82. The Bertz CT molecular complexity index is 404. The molecule has 1 aliphatic carbocycles. The van der Waals surface area contributed by atoms with Crippen LogP contribution in [0.5, 0.6) is 0 Å². The minimum atomic E-state index is 0.0510. The van der Waals surface area contributed by atoms with Gasteiger partial charge in [-0.2, -0.15) is 0 Å². The predicted octanol–water partition coefficient (Wildman–Crippen LogP) is 2.86. The molecule has 18 heavy (non-hydrogen) atoms. The molecule has 0 N–H and O–H groups in total. The summed E-state index contributed by atoms with van der Waals surface area (Å²) in [6.07, 6.45) is 5.87. The number of nitrogens with zero attached hydrogens (tertiary/aromatic N) is 3. The molecule has 0 radical (unpaired) electrons. The second-order valence-electron chi connectivity index (χ2n) is 4.67. The maximum absolute atomic E-state index is 12.5. The zero-order chi connectivity index (χ0) is 13.0. The van der Waals surface area contributed by atoms with Gasteiger partial charge in [-0.1, -0.05) is 23.8 Å². The van der Waals surface area contributed by atoms with E-state index in [0.717, 1.165) is 18.5 Å². The lowest BCUT2D eigenvalue weighted by atomic mass is 9.94. The largest absolute Gasteiger partial charge is 0.334 e. The molecule has 6 heteroatoms. The number of amides is 1. The van der Waals surface area contributed by atoms with Crippen molar-refractivity contribution in [1.82, 2.24) is 14.5 Å². The Kier molecular flexibility index (Phi) is 4.95. The number of hydrogen-bond donors (Lipinski definition) is 0. The van der Waals surface area contributed by atoms with Crippen molar-refractivity contribution in [3.05, 3.63) is 10.6 Å². The van der Waals surface area contributed by atoms with Gasteiger partial charge in [0.2, 0.25) is 0 Å². The van der Waals surface area contributed by atoms with E-state index in [-0.39, 0.29) is 5.91 Å². The van der Waals surface area contributed by atoms with Gasteiger partial charge in [0, 0.05) is 18.5 Å². The first kappa shape index (κ1) is 13.7. The molecule has 2 rings (SSSR count). The zero-order valence-corrected chi connectivity index (χ0v) is 12.1. The van der Waals surface area contributed by atoms with Crippen molar-refractivity contribution in [2.75, 3.05) is 12.4 Å². The van der Waals surface area contributed by atoms with Crippen molar-refractivity contribution < 1.29 is 4.79 Å². The Morgan fingerprint density at radius 2 is 2.17 bits per heavy atom. The zero-order valence-electron chi connectivity index (χ0n) is 10.6. The summed E-state index contributed by atoms with van der Waals surface area (Å²) in [6.45, 7) is 2.44. The summed E-state index contributed by atoms with van der Waals surface area (Å²) in [5.74, 6) is 0.531. The highest BCUT2D eigenvalue weighted by atomic mass is 35.5. The number of rotatable bonds is 4.